The third-order valence-corrected chi connectivity index (χ3v) is 3.67. The summed E-state index contributed by atoms with van der Waals surface area (Å²) in [4.78, 5) is 0. The van der Waals surface area contributed by atoms with Gasteiger partial charge < -0.3 is 9.84 Å². The summed E-state index contributed by atoms with van der Waals surface area (Å²) < 4.78 is 18.6. The van der Waals surface area contributed by atoms with Crippen LogP contribution in [0, 0.1) is 5.82 Å². The van der Waals surface area contributed by atoms with Crippen LogP contribution in [0.1, 0.15) is 18.4 Å². The third-order valence-electron chi connectivity index (χ3n) is 3.07. The first-order chi connectivity index (χ1) is 7.52. The fraction of sp³-hybridized carbons (Fsp3) is 0.500. The Balaban J connectivity index is 2.02. The van der Waals surface area contributed by atoms with Gasteiger partial charge in [0.15, 0.2) is 0 Å². The Hall–Kier alpha value is -0.450. The van der Waals surface area contributed by atoms with Crippen LogP contribution in [0.5, 0.6) is 0 Å². The fourth-order valence-electron chi connectivity index (χ4n) is 2.13. The maximum atomic E-state index is 13.0. The minimum absolute atomic E-state index is 0.161. The number of aliphatic hydroxyl groups is 1. The summed E-state index contributed by atoms with van der Waals surface area (Å²) in [6, 6.07) is 4.83. The molecule has 1 aromatic rings. The Morgan fingerprint density at radius 2 is 2.25 bits per heavy atom. The van der Waals surface area contributed by atoms with Crippen LogP contribution in [0.2, 0.25) is 0 Å². The molecule has 4 heteroatoms. The maximum Gasteiger partial charge on any atom is 0.137 e. The van der Waals surface area contributed by atoms with E-state index in [0.717, 1.165) is 5.56 Å². The van der Waals surface area contributed by atoms with Gasteiger partial charge >= 0.3 is 0 Å². The Morgan fingerprint density at radius 1 is 1.56 bits per heavy atom. The van der Waals surface area contributed by atoms with E-state index >= 15 is 0 Å². The van der Waals surface area contributed by atoms with Crippen LogP contribution in [0.15, 0.2) is 22.7 Å². The van der Waals surface area contributed by atoms with Gasteiger partial charge in [-0.05, 0) is 33.6 Å². The van der Waals surface area contributed by atoms with Crippen LogP contribution in [-0.2, 0) is 11.2 Å². The molecule has 1 aliphatic carbocycles. The molecule has 1 N–H and O–H groups in total. The van der Waals surface area contributed by atoms with Gasteiger partial charge in [0.2, 0.25) is 0 Å². The summed E-state index contributed by atoms with van der Waals surface area (Å²) in [5, 5.41) is 10.1. The molecule has 16 heavy (non-hydrogen) atoms. The molecule has 0 aliphatic heterocycles. The number of benzene rings is 1. The van der Waals surface area contributed by atoms with E-state index < -0.39 is 5.60 Å². The van der Waals surface area contributed by atoms with E-state index in [1.54, 1.807) is 19.2 Å². The fourth-order valence-corrected chi connectivity index (χ4v) is 2.55. The number of methoxy groups -OCH3 is 1. The highest BCUT2D eigenvalue weighted by Gasteiger charge is 2.42. The molecule has 1 aromatic carbocycles. The molecule has 0 amide bonds. The topological polar surface area (TPSA) is 29.5 Å². The molecule has 0 radical (unpaired) electrons. The van der Waals surface area contributed by atoms with E-state index in [1.807, 2.05) is 0 Å². The predicted octanol–water partition coefficient (Wildman–Crippen LogP) is 2.67. The molecule has 0 bridgehead atoms. The van der Waals surface area contributed by atoms with Crippen LogP contribution in [0.25, 0.3) is 0 Å². The first-order valence-electron chi connectivity index (χ1n) is 5.21. The molecule has 88 valence electrons. The van der Waals surface area contributed by atoms with Gasteiger partial charge in [-0.15, -0.1) is 0 Å². The molecule has 0 heterocycles. The summed E-state index contributed by atoms with van der Waals surface area (Å²) in [5.74, 6) is -0.279. The first-order valence-corrected chi connectivity index (χ1v) is 6.01. The van der Waals surface area contributed by atoms with Crippen LogP contribution in [0.3, 0.4) is 0 Å². The van der Waals surface area contributed by atoms with Crippen LogP contribution in [0.4, 0.5) is 4.39 Å². The highest BCUT2D eigenvalue weighted by Crippen LogP contribution is 2.37. The molecule has 0 saturated heterocycles. The number of ether oxygens (including phenoxy) is 1. The molecule has 0 atom stereocenters. The number of hydrogen-bond donors (Lipinski definition) is 1. The maximum absolute atomic E-state index is 13.0. The van der Waals surface area contributed by atoms with E-state index in [4.69, 9.17) is 4.74 Å². The molecule has 0 aromatic heterocycles. The van der Waals surface area contributed by atoms with Crippen LogP contribution in [-0.4, -0.2) is 23.9 Å². The average molecular weight is 289 g/mol. The summed E-state index contributed by atoms with van der Waals surface area (Å²) in [7, 11) is 1.65. The lowest BCUT2D eigenvalue weighted by Gasteiger charge is -2.42. The van der Waals surface area contributed by atoms with Crippen molar-refractivity contribution in [2.24, 2.45) is 0 Å². The second-order valence-corrected chi connectivity index (χ2v) is 5.27. The lowest BCUT2D eigenvalue weighted by molar-refractivity contribution is -0.126. The molecular weight excluding hydrogens is 275 g/mol. The van der Waals surface area contributed by atoms with E-state index in [1.165, 1.54) is 6.07 Å². The molecular formula is C12H14BrFO2. The molecule has 0 spiro atoms. The van der Waals surface area contributed by atoms with Crippen LogP contribution >= 0.6 is 15.9 Å². The van der Waals surface area contributed by atoms with Crippen molar-refractivity contribution in [1.82, 2.24) is 0 Å². The van der Waals surface area contributed by atoms with E-state index in [2.05, 4.69) is 15.9 Å². The summed E-state index contributed by atoms with van der Waals surface area (Å²) in [6.45, 7) is 0. The van der Waals surface area contributed by atoms with Crippen molar-refractivity contribution in [3.05, 3.63) is 34.1 Å². The van der Waals surface area contributed by atoms with E-state index in [-0.39, 0.29) is 11.9 Å². The largest absolute Gasteiger partial charge is 0.389 e. The number of hydrogen-bond acceptors (Lipinski definition) is 2. The van der Waals surface area contributed by atoms with Crippen LogP contribution < -0.4 is 0 Å². The predicted molar refractivity (Wildman–Crippen MR) is 62.8 cm³/mol. The van der Waals surface area contributed by atoms with Crippen molar-refractivity contribution in [2.45, 2.75) is 31.0 Å². The van der Waals surface area contributed by atoms with Gasteiger partial charge in [-0.3, -0.25) is 0 Å². The quantitative estimate of drug-likeness (QED) is 0.927. The van der Waals surface area contributed by atoms with Gasteiger partial charge in [0.05, 0.1) is 16.2 Å². The van der Waals surface area contributed by atoms with Gasteiger partial charge in [-0.2, -0.15) is 0 Å². The van der Waals surface area contributed by atoms with Crippen molar-refractivity contribution >= 4 is 15.9 Å². The lowest BCUT2D eigenvalue weighted by atomic mass is 9.74. The Labute approximate surface area is 103 Å². The molecule has 1 saturated carbocycles. The third kappa shape index (κ3) is 2.44. The van der Waals surface area contributed by atoms with Gasteiger partial charge in [0, 0.05) is 26.4 Å². The SMILES string of the molecule is COC1CC(O)(Cc2ccc(F)c(Br)c2)C1. The monoisotopic (exact) mass is 288 g/mol. The van der Waals surface area contributed by atoms with Gasteiger partial charge in [-0.1, -0.05) is 6.07 Å². The van der Waals surface area contributed by atoms with Crippen molar-refractivity contribution < 1.29 is 14.2 Å². The molecule has 2 rings (SSSR count). The zero-order valence-corrected chi connectivity index (χ0v) is 10.6. The van der Waals surface area contributed by atoms with Gasteiger partial charge in [0.1, 0.15) is 5.82 Å². The molecule has 2 nitrogen and oxygen atoms in total. The van der Waals surface area contributed by atoms with E-state index in [9.17, 15) is 9.50 Å². The molecule has 1 fully saturated rings. The second kappa shape index (κ2) is 4.43. The second-order valence-electron chi connectivity index (χ2n) is 4.42. The average Bonchev–Trinajstić information content (AvgIpc) is 2.20. The summed E-state index contributed by atoms with van der Waals surface area (Å²) in [5.41, 5.74) is 0.253. The zero-order chi connectivity index (χ0) is 11.8. The Bertz CT molecular complexity index is 389. The summed E-state index contributed by atoms with van der Waals surface area (Å²) in [6.07, 6.45) is 2.01. The van der Waals surface area contributed by atoms with Crippen molar-refractivity contribution in [1.29, 1.82) is 0 Å². The van der Waals surface area contributed by atoms with Crippen molar-refractivity contribution in [3.8, 4) is 0 Å². The lowest BCUT2D eigenvalue weighted by Crippen LogP contribution is -2.49. The summed E-state index contributed by atoms with van der Waals surface area (Å²) >= 11 is 3.14. The zero-order valence-electron chi connectivity index (χ0n) is 9.04. The first kappa shape index (κ1) is 12.0. The number of rotatable bonds is 3. The normalized spacial score (nSPS) is 28.9. The molecule has 0 unspecified atom stereocenters. The van der Waals surface area contributed by atoms with Crippen molar-refractivity contribution in [3.63, 3.8) is 0 Å². The highest BCUT2D eigenvalue weighted by atomic mass is 79.9. The van der Waals surface area contributed by atoms with Gasteiger partial charge in [0.25, 0.3) is 0 Å². The number of halogens is 2. The standard InChI is InChI=1S/C12H14BrFO2/c1-16-9-6-12(15,7-9)5-8-2-3-11(14)10(13)4-8/h2-4,9,15H,5-7H2,1H3. The Morgan fingerprint density at radius 3 is 2.81 bits per heavy atom. The smallest absolute Gasteiger partial charge is 0.137 e. The minimum atomic E-state index is -0.683. The van der Waals surface area contributed by atoms with E-state index in [0.29, 0.717) is 23.7 Å². The van der Waals surface area contributed by atoms with Gasteiger partial charge in [-0.25, -0.2) is 4.39 Å². The Kier molecular flexibility index (Phi) is 3.33. The van der Waals surface area contributed by atoms with Crippen molar-refractivity contribution in [2.75, 3.05) is 7.11 Å². The molecule has 1 aliphatic rings. The minimum Gasteiger partial charge on any atom is -0.389 e. The highest BCUT2D eigenvalue weighted by molar-refractivity contribution is 9.10.